The van der Waals surface area contributed by atoms with E-state index in [9.17, 15) is 13.2 Å². The van der Waals surface area contributed by atoms with Crippen molar-refractivity contribution in [1.82, 2.24) is 0 Å². The van der Waals surface area contributed by atoms with Crippen LogP contribution in [0.4, 0.5) is 30.2 Å². The Balaban J connectivity index is 1.91. The normalized spacial score (nSPS) is 10.6. The summed E-state index contributed by atoms with van der Waals surface area (Å²) in [5.41, 5.74) is 6.96. The van der Waals surface area contributed by atoms with Crippen molar-refractivity contribution >= 4 is 17.1 Å². The lowest BCUT2D eigenvalue weighted by molar-refractivity contribution is 0.305. The molecular formula is C20H17F3N2O. The molecule has 0 saturated carbocycles. The van der Waals surface area contributed by atoms with Crippen LogP contribution in [0.5, 0.6) is 5.75 Å². The summed E-state index contributed by atoms with van der Waals surface area (Å²) in [5.74, 6) is -2.96. The topological polar surface area (TPSA) is 47.3 Å². The summed E-state index contributed by atoms with van der Waals surface area (Å²) < 4.78 is 47.7. The first kappa shape index (κ1) is 17.7. The molecule has 3 aromatic rings. The van der Waals surface area contributed by atoms with Crippen LogP contribution in [0.1, 0.15) is 11.1 Å². The predicted octanol–water partition coefficient (Wildman–Crippen LogP) is 5.32. The van der Waals surface area contributed by atoms with Gasteiger partial charge in [-0.15, -0.1) is 0 Å². The Hall–Kier alpha value is -3.15. The number of nitrogen functional groups attached to an aromatic ring is 1. The molecule has 0 fully saturated rings. The predicted molar refractivity (Wildman–Crippen MR) is 96.0 cm³/mol. The van der Waals surface area contributed by atoms with Crippen LogP contribution >= 0.6 is 0 Å². The second-order valence-electron chi connectivity index (χ2n) is 5.84. The van der Waals surface area contributed by atoms with Crippen LogP contribution in [0.15, 0.2) is 54.6 Å². The third kappa shape index (κ3) is 3.74. The number of rotatable bonds is 5. The molecule has 0 bridgehead atoms. The molecule has 0 heterocycles. The summed E-state index contributed by atoms with van der Waals surface area (Å²) >= 11 is 0. The molecule has 3 rings (SSSR count). The Labute approximate surface area is 149 Å². The van der Waals surface area contributed by atoms with Crippen molar-refractivity contribution in [1.29, 1.82) is 0 Å². The minimum atomic E-state index is -1.20. The maximum atomic E-state index is 14.2. The third-order valence-electron chi connectivity index (χ3n) is 3.84. The summed E-state index contributed by atoms with van der Waals surface area (Å²) in [5, 5.41) is 2.52. The quantitative estimate of drug-likeness (QED) is 0.607. The highest BCUT2D eigenvalue weighted by Crippen LogP contribution is 2.37. The number of hydrogen-bond donors (Lipinski definition) is 2. The highest BCUT2D eigenvalue weighted by atomic mass is 19.2. The van der Waals surface area contributed by atoms with Crippen molar-refractivity contribution in [3.8, 4) is 5.75 Å². The highest BCUT2D eigenvalue weighted by Gasteiger charge is 2.19. The Morgan fingerprint density at radius 2 is 1.69 bits per heavy atom. The number of hydrogen-bond acceptors (Lipinski definition) is 3. The van der Waals surface area contributed by atoms with Gasteiger partial charge in [-0.2, -0.15) is 0 Å². The number of benzene rings is 3. The molecule has 3 nitrogen and oxygen atoms in total. The van der Waals surface area contributed by atoms with Gasteiger partial charge >= 0.3 is 0 Å². The molecule has 0 radical (unpaired) electrons. The number of aryl methyl sites for hydroxylation is 1. The van der Waals surface area contributed by atoms with Gasteiger partial charge in [0.25, 0.3) is 0 Å². The maximum absolute atomic E-state index is 14.2. The van der Waals surface area contributed by atoms with Gasteiger partial charge in [0, 0.05) is 6.07 Å². The van der Waals surface area contributed by atoms with Crippen LogP contribution in [0, 0.1) is 24.4 Å². The zero-order valence-corrected chi connectivity index (χ0v) is 14.0. The minimum absolute atomic E-state index is 0.0131. The second-order valence-corrected chi connectivity index (χ2v) is 5.84. The Kier molecular flexibility index (Phi) is 5.02. The van der Waals surface area contributed by atoms with E-state index in [0.29, 0.717) is 5.56 Å². The molecule has 0 amide bonds. The number of nitrogens with two attached hydrogens (primary N) is 1. The standard InChI is InChI=1S/C20H17F3N2O/c1-12-7-8-16(14(21)9-12)25-20-18(23)15(22)10-17(19(20)24)26-11-13-5-3-2-4-6-13/h2-10,25H,11,24H2,1H3. The first-order valence-electron chi connectivity index (χ1n) is 7.93. The molecule has 3 N–H and O–H groups in total. The number of halogens is 3. The summed E-state index contributed by atoms with van der Waals surface area (Å²) in [6.07, 6.45) is 0. The lowest BCUT2D eigenvalue weighted by atomic mass is 10.2. The molecule has 6 heteroatoms. The van der Waals surface area contributed by atoms with E-state index in [0.717, 1.165) is 11.6 Å². The van der Waals surface area contributed by atoms with Crippen LogP contribution in [0.3, 0.4) is 0 Å². The molecule has 0 aliphatic carbocycles. The summed E-state index contributed by atoms with van der Waals surface area (Å²) in [4.78, 5) is 0. The van der Waals surface area contributed by atoms with Crippen molar-refractivity contribution < 1.29 is 17.9 Å². The molecule has 0 aliphatic rings. The van der Waals surface area contributed by atoms with Gasteiger partial charge in [0.05, 0.1) is 5.69 Å². The van der Waals surface area contributed by atoms with Gasteiger partial charge in [0.2, 0.25) is 0 Å². The Bertz CT molecular complexity index is 930. The van der Waals surface area contributed by atoms with Crippen LogP contribution < -0.4 is 15.8 Å². The fourth-order valence-electron chi connectivity index (χ4n) is 2.45. The van der Waals surface area contributed by atoms with Crippen molar-refractivity contribution in [2.75, 3.05) is 11.1 Å². The van der Waals surface area contributed by atoms with Gasteiger partial charge in [0.1, 0.15) is 29.5 Å². The number of nitrogens with one attached hydrogen (secondary N) is 1. The average Bonchev–Trinajstić information content (AvgIpc) is 2.63. The SMILES string of the molecule is Cc1ccc(Nc2c(N)c(OCc3ccccc3)cc(F)c2F)c(F)c1. The molecule has 0 aromatic heterocycles. The highest BCUT2D eigenvalue weighted by molar-refractivity contribution is 5.78. The van der Waals surface area contributed by atoms with Crippen molar-refractivity contribution in [3.63, 3.8) is 0 Å². The van der Waals surface area contributed by atoms with Crippen molar-refractivity contribution in [2.24, 2.45) is 0 Å². The molecule has 134 valence electrons. The van der Waals surface area contributed by atoms with Gasteiger partial charge in [-0.1, -0.05) is 36.4 Å². The molecule has 0 aliphatic heterocycles. The largest absolute Gasteiger partial charge is 0.487 e. The summed E-state index contributed by atoms with van der Waals surface area (Å²) in [7, 11) is 0. The average molecular weight is 358 g/mol. The molecule has 0 atom stereocenters. The first-order chi connectivity index (χ1) is 12.5. The van der Waals surface area contributed by atoms with Crippen molar-refractivity contribution in [2.45, 2.75) is 13.5 Å². The van der Waals surface area contributed by atoms with Gasteiger partial charge < -0.3 is 15.8 Å². The first-order valence-corrected chi connectivity index (χ1v) is 7.93. The van der Waals surface area contributed by atoms with Crippen LogP contribution in [0.25, 0.3) is 0 Å². The number of anilines is 3. The second kappa shape index (κ2) is 7.39. The van der Waals surface area contributed by atoms with E-state index in [1.807, 2.05) is 30.3 Å². The van der Waals surface area contributed by atoms with E-state index in [1.54, 1.807) is 13.0 Å². The van der Waals surface area contributed by atoms with Crippen LogP contribution in [0.2, 0.25) is 0 Å². The van der Waals surface area contributed by atoms with E-state index >= 15 is 0 Å². The van der Waals surface area contributed by atoms with E-state index in [4.69, 9.17) is 10.5 Å². The van der Waals surface area contributed by atoms with Crippen molar-refractivity contribution in [3.05, 3.63) is 83.2 Å². The molecule has 0 saturated heterocycles. The summed E-state index contributed by atoms with van der Waals surface area (Å²) in [6.45, 7) is 1.86. The zero-order chi connectivity index (χ0) is 18.7. The fourth-order valence-corrected chi connectivity index (χ4v) is 2.45. The minimum Gasteiger partial charge on any atom is -0.487 e. The Morgan fingerprint density at radius 1 is 0.962 bits per heavy atom. The molecule has 0 spiro atoms. The lowest BCUT2D eigenvalue weighted by Crippen LogP contribution is -2.06. The molecule has 26 heavy (non-hydrogen) atoms. The monoisotopic (exact) mass is 358 g/mol. The van der Waals surface area contributed by atoms with Crippen LogP contribution in [-0.2, 0) is 6.61 Å². The fraction of sp³-hybridized carbons (Fsp3) is 0.100. The van der Waals surface area contributed by atoms with E-state index in [1.165, 1.54) is 12.1 Å². The van der Waals surface area contributed by atoms with Gasteiger partial charge in [-0.25, -0.2) is 13.2 Å². The van der Waals surface area contributed by atoms with E-state index in [-0.39, 0.29) is 29.4 Å². The van der Waals surface area contributed by atoms with Gasteiger partial charge in [0.15, 0.2) is 11.6 Å². The van der Waals surface area contributed by atoms with E-state index < -0.39 is 17.5 Å². The van der Waals surface area contributed by atoms with Crippen LogP contribution in [-0.4, -0.2) is 0 Å². The Morgan fingerprint density at radius 3 is 2.38 bits per heavy atom. The summed E-state index contributed by atoms with van der Waals surface area (Å²) in [6, 6.07) is 14.4. The smallest absolute Gasteiger partial charge is 0.184 e. The molecule has 3 aromatic carbocycles. The van der Waals surface area contributed by atoms with Gasteiger partial charge in [-0.05, 0) is 30.2 Å². The lowest BCUT2D eigenvalue weighted by Gasteiger charge is -2.16. The van der Waals surface area contributed by atoms with E-state index in [2.05, 4.69) is 5.32 Å². The maximum Gasteiger partial charge on any atom is 0.184 e. The molecular weight excluding hydrogens is 341 g/mol. The van der Waals surface area contributed by atoms with Gasteiger partial charge in [-0.3, -0.25) is 0 Å². The molecule has 0 unspecified atom stereocenters. The third-order valence-corrected chi connectivity index (χ3v) is 3.84. The zero-order valence-electron chi connectivity index (χ0n) is 14.0. The number of ether oxygens (including phenoxy) is 1.